The fourth-order valence-corrected chi connectivity index (χ4v) is 2.26. The highest BCUT2D eigenvalue weighted by Crippen LogP contribution is 2.06. The lowest BCUT2D eigenvalue weighted by Crippen LogP contribution is -2.32. The van der Waals surface area contributed by atoms with Crippen LogP contribution in [0.5, 0.6) is 0 Å². The first-order valence-corrected chi connectivity index (χ1v) is 7.72. The topological polar surface area (TPSA) is 81.8 Å². The van der Waals surface area contributed by atoms with Crippen molar-refractivity contribution >= 4 is 5.91 Å². The van der Waals surface area contributed by atoms with E-state index in [-0.39, 0.29) is 18.8 Å². The number of nitrogens with zero attached hydrogens (tertiary/aromatic N) is 4. The Morgan fingerprint density at radius 2 is 1.96 bits per heavy atom. The van der Waals surface area contributed by atoms with Gasteiger partial charge in [0.15, 0.2) is 0 Å². The Morgan fingerprint density at radius 1 is 1.23 bits per heavy atom. The van der Waals surface area contributed by atoms with Crippen LogP contribution in [-0.4, -0.2) is 25.2 Å². The summed E-state index contributed by atoms with van der Waals surface area (Å²) in [7, 11) is 0. The van der Waals surface area contributed by atoms with E-state index in [1.54, 1.807) is 6.92 Å². The fourth-order valence-electron chi connectivity index (χ4n) is 2.26. The van der Waals surface area contributed by atoms with Crippen LogP contribution in [0.3, 0.4) is 0 Å². The summed E-state index contributed by atoms with van der Waals surface area (Å²) in [6, 6.07) is 6.53. The van der Waals surface area contributed by atoms with Gasteiger partial charge in [0.2, 0.25) is 5.91 Å². The van der Waals surface area contributed by atoms with E-state index < -0.39 is 23.2 Å². The lowest BCUT2D eigenvalue weighted by molar-refractivity contribution is -0.121. The van der Waals surface area contributed by atoms with Crippen LogP contribution in [0.1, 0.15) is 11.3 Å². The minimum atomic E-state index is -0.533. The molecule has 3 aromatic rings. The van der Waals surface area contributed by atoms with E-state index in [0.717, 1.165) is 9.25 Å². The number of carbonyl (C=O) groups is 1. The zero-order chi connectivity index (χ0) is 18.7. The van der Waals surface area contributed by atoms with E-state index in [1.807, 2.05) is 0 Å². The van der Waals surface area contributed by atoms with Crippen molar-refractivity contribution in [2.24, 2.45) is 0 Å². The minimum Gasteiger partial charge on any atom is -0.350 e. The molecule has 0 spiro atoms. The summed E-state index contributed by atoms with van der Waals surface area (Å²) < 4.78 is 28.6. The SMILES string of the molecule is Cc1ncc(CNC(=O)Cn2cnn(-c3ccc(F)cc3)c2=O)cc1F. The second-order valence-electron chi connectivity index (χ2n) is 5.62. The normalized spacial score (nSPS) is 10.7. The molecule has 0 saturated carbocycles. The third-order valence-electron chi connectivity index (χ3n) is 3.69. The van der Waals surface area contributed by atoms with Gasteiger partial charge in [0, 0.05) is 12.7 Å². The first-order chi connectivity index (χ1) is 12.4. The molecule has 134 valence electrons. The maximum absolute atomic E-state index is 13.4. The molecule has 1 aromatic carbocycles. The van der Waals surface area contributed by atoms with Gasteiger partial charge in [-0.3, -0.25) is 14.3 Å². The van der Waals surface area contributed by atoms with Gasteiger partial charge in [0.1, 0.15) is 24.5 Å². The van der Waals surface area contributed by atoms with Gasteiger partial charge < -0.3 is 5.32 Å². The molecule has 1 N–H and O–H groups in total. The molecule has 0 bridgehead atoms. The lowest BCUT2D eigenvalue weighted by atomic mass is 10.2. The number of amides is 1. The maximum atomic E-state index is 13.4. The van der Waals surface area contributed by atoms with Crippen LogP contribution >= 0.6 is 0 Å². The Labute approximate surface area is 146 Å². The molecule has 0 saturated heterocycles. The number of rotatable bonds is 5. The third-order valence-corrected chi connectivity index (χ3v) is 3.69. The highest BCUT2D eigenvalue weighted by Gasteiger charge is 2.11. The van der Waals surface area contributed by atoms with Crippen molar-refractivity contribution < 1.29 is 13.6 Å². The van der Waals surface area contributed by atoms with E-state index in [0.29, 0.717) is 11.3 Å². The molecule has 9 heteroatoms. The Bertz CT molecular complexity index is 995. The number of halogens is 2. The van der Waals surface area contributed by atoms with Crippen LogP contribution in [0.4, 0.5) is 8.78 Å². The third kappa shape index (κ3) is 3.82. The van der Waals surface area contributed by atoms with Gasteiger partial charge >= 0.3 is 5.69 Å². The van der Waals surface area contributed by atoms with Crippen molar-refractivity contribution in [2.75, 3.05) is 0 Å². The smallest absolute Gasteiger partial charge is 0.350 e. The van der Waals surface area contributed by atoms with Gasteiger partial charge in [-0.1, -0.05) is 0 Å². The molecule has 0 aliphatic rings. The van der Waals surface area contributed by atoms with Crippen LogP contribution in [0.25, 0.3) is 5.69 Å². The summed E-state index contributed by atoms with van der Waals surface area (Å²) in [6.45, 7) is 1.38. The molecule has 1 amide bonds. The van der Waals surface area contributed by atoms with Gasteiger partial charge in [-0.05, 0) is 42.8 Å². The Morgan fingerprint density at radius 3 is 2.65 bits per heavy atom. The number of hydrogen-bond donors (Lipinski definition) is 1. The van der Waals surface area contributed by atoms with Crippen LogP contribution in [0.15, 0.2) is 47.7 Å². The number of benzene rings is 1. The molecule has 2 heterocycles. The summed E-state index contributed by atoms with van der Waals surface area (Å²) in [5, 5.41) is 6.50. The molecule has 3 rings (SSSR count). The number of carbonyl (C=O) groups excluding carboxylic acids is 1. The summed E-state index contributed by atoms with van der Waals surface area (Å²) in [6.07, 6.45) is 2.69. The van der Waals surface area contributed by atoms with Crippen molar-refractivity contribution in [2.45, 2.75) is 20.0 Å². The first kappa shape index (κ1) is 17.5. The van der Waals surface area contributed by atoms with Crippen molar-refractivity contribution in [3.63, 3.8) is 0 Å². The highest BCUT2D eigenvalue weighted by molar-refractivity contribution is 5.75. The molecule has 0 fully saturated rings. The average Bonchev–Trinajstić information content (AvgIpc) is 2.97. The zero-order valence-corrected chi connectivity index (χ0v) is 13.8. The van der Waals surface area contributed by atoms with Crippen molar-refractivity contribution in [1.29, 1.82) is 0 Å². The number of nitrogens with one attached hydrogen (secondary N) is 1. The van der Waals surface area contributed by atoms with Crippen molar-refractivity contribution in [1.82, 2.24) is 24.6 Å². The number of hydrogen-bond acceptors (Lipinski definition) is 4. The number of aryl methyl sites for hydroxylation is 1. The molecule has 0 aliphatic heterocycles. The van der Waals surface area contributed by atoms with Crippen LogP contribution in [-0.2, 0) is 17.9 Å². The van der Waals surface area contributed by atoms with Gasteiger partial charge in [-0.2, -0.15) is 9.78 Å². The molecule has 0 radical (unpaired) electrons. The van der Waals surface area contributed by atoms with E-state index in [2.05, 4.69) is 15.4 Å². The highest BCUT2D eigenvalue weighted by atomic mass is 19.1. The largest absolute Gasteiger partial charge is 0.350 e. The second-order valence-corrected chi connectivity index (χ2v) is 5.62. The van der Waals surface area contributed by atoms with Crippen molar-refractivity contribution in [3.05, 3.63) is 76.2 Å². The summed E-state index contributed by atoms with van der Waals surface area (Å²) in [4.78, 5) is 28.2. The second kappa shape index (κ2) is 7.26. The molecule has 26 heavy (non-hydrogen) atoms. The summed E-state index contributed by atoms with van der Waals surface area (Å²) in [5.41, 5.74) is 0.641. The van der Waals surface area contributed by atoms with Crippen LogP contribution in [0, 0.1) is 18.6 Å². The maximum Gasteiger partial charge on any atom is 0.350 e. The molecular weight excluding hydrogens is 344 g/mol. The summed E-state index contributed by atoms with van der Waals surface area (Å²) >= 11 is 0. The predicted molar refractivity (Wildman–Crippen MR) is 88.6 cm³/mol. The first-order valence-electron chi connectivity index (χ1n) is 7.72. The number of aromatic nitrogens is 4. The standard InChI is InChI=1S/C17H15F2N5O2/c1-11-15(19)6-12(7-20-11)8-21-16(25)9-23-10-22-24(17(23)26)14-4-2-13(18)3-5-14/h2-7,10H,8-9H2,1H3,(H,21,25). The van der Waals surface area contributed by atoms with Gasteiger partial charge in [-0.15, -0.1) is 0 Å². The van der Waals surface area contributed by atoms with E-state index in [9.17, 15) is 18.4 Å². The minimum absolute atomic E-state index is 0.0872. The molecule has 0 unspecified atom stereocenters. The number of pyridine rings is 1. The van der Waals surface area contributed by atoms with Gasteiger partial charge in [0.25, 0.3) is 0 Å². The van der Waals surface area contributed by atoms with E-state index >= 15 is 0 Å². The molecule has 2 aromatic heterocycles. The van der Waals surface area contributed by atoms with Crippen LogP contribution < -0.4 is 11.0 Å². The van der Waals surface area contributed by atoms with Crippen LogP contribution in [0.2, 0.25) is 0 Å². The van der Waals surface area contributed by atoms with Crippen molar-refractivity contribution in [3.8, 4) is 5.69 Å². The summed E-state index contributed by atoms with van der Waals surface area (Å²) in [5.74, 6) is -1.32. The Kier molecular flexibility index (Phi) is 4.87. The monoisotopic (exact) mass is 359 g/mol. The van der Waals surface area contributed by atoms with Gasteiger partial charge in [-0.25, -0.2) is 13.6 Å². The predicted octanol–water partition coefficient (Wildman–Crippen LogP) is 1.33. The van der Waals surface area contributed by atoms with E-state index in [4.69, 9.17) is 0 Å². The fraction of sp³-hybridized carbons (Fsp3) is 0.176. The molecular formula is C17H15F2N5O2. The molecule has 0 aliphatic carbocycles. The Hall–Kier alpha value is -3.36. The molecule has 0 atom stereocenters. The Balaban J connectivity index is 1.65. The van der Waals surface area contributed by atoms with E-state index in [1.165, 1.54) is 42.9 Å². The van der Waals surface area contributed by atoms with Gasteiger partial charge in [0.05, 0.1) is 11.4 Å². The average molecular weight is 359 g/mol. The quantitative estimate of drug-likeness (QED) is 0.745. The molecule has 7 nitrogen and oxygen atoms in total. The lowest BCUT2D eigenvalue weighted by Gasteiger charge is -2.06. The zero-order valence-electron chi connectivity index (χ0n) is 13.8.